The highest BCUT2D eigenvalue weighted by atomic mass is 15.1. The molecular formula is C9H15N3. The third kappa shape index (κ3) is 1.50. The Morgan fingerprint density at radius 3 is 3.00 bits per heavy atom. The molecule has 0 saturated heterocycles. The van der Waals surface area contributed by atoms with Crippen molar-refractivity contribution in [3.63, 3.8) is 0 Å². The predicted octanol–water partition coefficient (Wildman–Crippen LogP) is 0.918. The molecule has 1 aliphatic rings. The molecule has 3 heteroatoms. The molecule has 66 valence electrons. The highest BCUT2D eigenvalue weighted by Gasteiger charge is 2.31. The van der Waals surface area contributed by atoms with Gasteiger partial charge in [0.2, 0.25) is 0 Å². The molecule has 3 nitrogen and oxygen atoms in total. The van der Waals surface area contributed by atoms with Crippen LogP contribution in [-0.4, -0.2) is 15.6 Å². The van der Waals surface area contributed by atoms with Gasteiger partial charge in [0.25, 0.3) is 0 Å². The molecule has 0 bridgehead atoms. The van der Waals surface area contributed by atoms with E-state index < -0.39 is 0 Å². The summed E-state index contributed by atoms with van der Waals surface area (Å²) in [5.74, 6) is 0.873. The first-order valence-electron chi connectivity index (χ1n) is 4.46. The van der Waals surface area contributed by atoms with Gasteiger partial charge in [0.1, 0.15) is 0 Å². The van der Waals surface area contributed by atoms with Gasteiger partial charge in [-0.1, -0.05) is 6.92 Å². The first-order valence-corrected chi connectivity index (χ1v) is 4.46. The third-order valence-electron chi connectivity index (χ3n) is 2.57. The first kappa shape index (κ1) is 7.80. The number of aromatic nitrogens is 2. The Kier molecular flexibility index (Phi) is 1.89. The van der Waals surface area contributed by atoms with E-state index in [9.17, 15) is 0 Å². The number of nitrogens with zero attached hydrogens (tertiary/aromatic N) is 2. The van der Waals surface area contributed by atoms with E-state index in [1.165, 1.54) is 12.1 Å². The molecule has 1 saturated carbocycles. The second-order valence-corrected chi connectivity index (χ2v) is 3.70. The van der Waals surface area contributed by atoms with Gasteiger partial charge in [-0.15, -0.1) is 0 Å². The zero-order valence-electron chi connectivity index (χ0n) is 7.62. The van der Waals surface area contributed by atoms with Crippen LogP contribution in [-0.2, 0) is 13.6 Å². The minimum atomic E-state index is 0.750. The summed E-state index contributed by atoms with van der Waals surface area (Å²) >= 11 is 0. The fourth-order valence-electron chi connectivity index (χ4n) is 1.40. The van der Waals surface area contributed by atoms with Crippen LogP contribution in [0.2, 0.25) is 0 Å². The summed E-state index contributed by atoms with van der Waals surface area (Å²) in [6.07, 6.45) is 5.09. The van der Waals surface area contributed by atoms with Crippen LogP contribution in [0.1, 0.15) is 19.0 Å². The minimum Gasteiger partial charge on any atom is -0.337 e. The molecular weight excluding hydrogens is 150 g/mol. The quantitative estimate of drug-likeness (QED) is 0.721. The lowest BCUT2D eigenvalue weighted by atomic mass is 10.4. The van der Waals surface area contributed by atoms with E-state index in [4.69, 9.17) is 0 Å². The second kappa shape index (κ2) is 2.90. The van der Waals surface area contributed by atoms with Gasteiger partial charge >= 0.3 is 0 Å². The number of rotatable bonds is 3. The Labute approximate surface area is 72.8 Å². The van der Waals surface area contributed by atoms with Gasteiger partial charge < -0.3 is 9.88 Å². The number of aryl methyl sites for hydroxylation is 1. The summed E-state index contributed by atoms with van der Waals surface area (Å²) < 4.78 is 2.06. The van der Waals surface area contributed by atoms with E-state index in [0.29, 0.717) is 0 Å². The van der Waals surface area contributed by atoms with Gasteiger partial charge in [-0.3, -0.25) is 0 Å². The lowest BCUT2D eigenvalue weighted by molar-refractivity contribution is 0.625. The molecule has 0 aliphatic heterocycles. The van der Waals surface area contributed by atoms with Gasteiger partial charge in [0.15, 0.2) is 0 Å². The van der Waals surface area contributed by atoms with Crippen LogP contribution in [0.15, 0.2) is 12.5 Å². The zero-order valence-corrected chi connectivity index (χ0v) is 7.62. The van der Waals surface area contributed by atoms with Crippen molar-refractivity contribution in [3.8, 4) is 0 Å². The van der Waals surface area contributed by atoms with Crippen molar-refractivity contribution in [1.29, 1.82) is 0 Å². The van der Waals surface area contributed by atoms with Crippen LogP contribution in [0.3, 0.4) is 0 Å². The summed E-state index contributed by atoms with van der Waals surface area (Å²) in [6, 6.07) is 0.750. The summed E-state index contributed by atoms with van der Waals surface area (Å²) in [4.78, 5) is 4.06. The van der Waals surface area contributed by atoms with E-state index >= 15 is 0 Å². The van der Waals surface area contributed by atoms with E-state index in [1.54, 1.807) is 0 Å². The maximum Gasteiger partial charge on any atom is 0.0945 e. The third-order valence-corrected chi connectivity index (χ3v) is 2.57. The van der Waals surface area contributed by atoms with Crippen molar-refractivity contribution in [3.05, 3.63) is 18.2 Å². The number of hydrogen-bond donors (Lipinski definition) is 1. The topological polar surface area (TPSA) is 29.9 Å². The maximum atomic E-state index is 4.06. The van der Waals surface area contributed by atoms with E-state index in [2.05, 4.69) is 21.8 Å². The average molecular weight is 165 g/mol. The molecule has 2 rings (SSSR count). The number of imidazole rings is 1. The highest BCUT2D eigenvalue weighted by molar-refractivity contribution is 4.99. The molecule has 0 radical (unpaired) electrons. The fraction of sp³-hybridized carbons (Fsp3) is 0.667. The monoisotopic (exact) mass is 165 g/mol. The van der Waals surface area contributed by atoms with Crippen molar-refractivity contribution in [2.45, 2.75) is 25.9 Å². The van der Waals surface area contributed by atoms with Crippen molar-refractivity contribution >= 4 is 0 Å². The summed E-state index contributed by atoms with van der Waals surface area (Å²) in [6.45, 7) is 3.23. The molecule has 2 unspecified atom stereocenters. The Morgan fingerprint density at radius 2 is 2.50 bits per heavy atom. The molecule has 2 atom stereocenters. The molecule has 0 aromatic carbocycles. The lowest BCUT2D eigenvalue weighted by Crippen LogP contribution is -2.18. The molecule has 0 amide bonds. The normalized spacial score (nSPS) is 27.5. The van der Waals surface area contributed by atoms with E-state index in [0.717, 1.165) is 18.5 Å². The molecule has 12 heavy (non-hydrogen) atoms. The Morgan fingerprint density at radius 1 is 1.75 bits per heavy atom. The summed E-state index contributed by atoms with van der Waals surface area (Å²) in [5, 5.41) is 3.49. The molecule has 1 aliphatic carbocycles. The van der Waals surface area contributed by atoms with Crippen LogP contribution in [0, 0.1) is 5.92 Å². The van der Waals surface area contributed by atoms with Crippen LogP contribution < -0.4 is 5.32 Å². The molecule has 1 heterocycles. The Hall–Kier alpha value is -0.830. The van der Waals surface area contributed by atoms with Gasteiger partial charge in [-0.2, -0.15) is 0 Å². The molecule has 1 N–H and O–H groups in total. The summed E-state index contributed by atoms with van der Waals surface area (Å²) in [7, 11) is 2.03. The van der Waals surface area contributed by atoms with Gasteiger partial charge in [-0.05, 0) is 12.3 Å². The zero-order chi connectivity index (χ0) is 8.55. The summed E-state index contributed by atoms with van der Waals surface area (Å²) in [5.41, 5.74) is 1.26. The second-order valence-electron chi connectivity index (χ2n) is 3.70. The molecule has 1 aromatic heterocycles. The van der Waals surface area contributed by atoms with Gasteiger partial charge in [0.05, 0.1) is 12.0 Å². The SMILES string of the molecule is CC1CC1NCc1cncn1C. The molecule has 1 fully saturated rings. The van der Waals surface area contributed by atoms with Crippen molar-refractivity contribution in [1.82, 2.24) is 14.9 Å². The van der Waals surface area contributed by atoms with Crippen molar-refractivity contribution in [2.24, 2.45) is 13.0 Å². The molecule has 1 aromatic rings. The van der Waals surface area contributed by atoms with Crippen LogP contribution in [0.25, 0.3) is 0 Å². The van der Waals surface area contributed by atoms with Crippen LogP contribution in [0.5, 0.6) is 0 Å². The average Bonchev–Trinajstić information content (AvgIpc) is 2.57. The van der Waals surface area contributed by atoms with Gasteiger partial charge in [0, 0.05) is 25.8 Å². The lowest BCUT2D eigenvalue weighted by Gasteiger charge is -2.03. The van der Waals surface area contributed by atoms with Crippen LogP contribution in [0.4, 0.5) is 0 Å². The maximum absolute atomic E-state index is 4.06. The molecule has 0 spiro atoms. The van der Waals surface area contributed by atoms with E-state index in [-0.39, 0.29) is 0 Å². The first-order chi connectivity index (χ1) is 5.77. The minimum absolute atomic E-state index is 0.750. The van der Waals surface area contributed by atoms with Crippen molar-refractivity contribution < 1.29 is 0 Å². The predicted molar refractivity (Wildman–Crippen MR) is 47.6 cm³/mol. The standard InChI is InChI=1S/C9H15N3/c1-7-3-9(7)11-5-8-4-10-6-12(8)2/h4,6-7,9,11H,3,5H2,1-2H3. The van der Waals surface area contributed by atoms with Crippen LogP contribution >= 0.6 is 0 Å². The Bertz CT molecular complexity index is 266. The number of nitrogens with one attached hydrogen (secondary N) is 1. The number of hydrogen-bond acceptors (Lipinski definition) is 2. The smallest absolute Gasteiger partial charge is 0.0945 e. The van der Waals surface area contributed by atoms with Crippen molar-refractivity contribution in [2.75, 3.05) is 0 Å². The largest absolute Gasteiger partial charge is 0.337 e. The fourth-order valence-corrected chi connectivity index (χ4v) is 1.40. The highest BCUT2D eigenvalue weighted by Crippen LogP contribution is 2.29. The Balaban J connectivity index is 1.84. The van der Waals surface area contributed by atoms with Gasteiger partial charge in [-0.25, -0.2) is 4.98 Å². The van der Waals surface area contributed by atoms with E-state index in [1.807, 2.05) is 19.6 Å².